The molecule has 70 valence electrons. The van der Waals surface area contributed by atoms with Crippen LogP contribution in [-0.2, 0) is 0 Å². The van der Waals surface area contributed by atoms with E-state index in [9.17, 15) is 0 Å². The number of piperidine rings is 1. The molecule has 2 rings (SSSR count). The molecule has 3 heteroatoms. The van der Waals surface area contributed by atoms with Gasteiger partial charge in [0.15, 0.2) is 0 Å². The summed E-state index contributed by atoms with van der Waals surface area (Å²) in [5.41, 5.74) is 8.22. The van der Waals surface area contributed by atoms with Crippen LogP contribution in [0.5, 0.6) is 0 Å². The van der Waals surface area contributed by atoms with Gasteiger partial charge in [-0.3, -0.25) is 4.99 Å². The molecule has 1 fully saturated rings. The van der Waals surface area contributed by atoms with E-state index in [1.165, 1.54) is 11.1 Å². The molecule has 1 saturated heterocycles. The lowest BCUT2D eigenvalue weighted by Crippen LogP contribution is -2.36. The maximum Gasteiger partial charge on any atom is 0.0676 e. The van der Waals surface area contributed by atoms with Crippen molar-refractivity contribution < 1.29 is 0 Å². The van der Waals surface area contributed by atoms with Crippen LogP contribution in [0.25, 0.3) is 0 Å². The summed E-state index contributed by atoms with van der Waals surface area (Å²) in [5, 5.41) is 3.33. The Morgan fingerprint density at radius 1 is 1.54 bits per heavy atom. The number of nitrogens with zero attached hydrogens (tertiary/aromatic N) is 1. The average molecular weight is 177 g/mol. The average Bonchev–Trinajstić information content (AvgIpc) is 2.21. The second-order valence-electron chi connectivity index (χ2n) is 3.89. The standard InChI is InChI=1S/C10H15N3/c1-10(11)4-9-6-12-3-2-8(9)5-13-7-10/h4-5,7,12H,2-3,6,11H2,1H3. The number of hydrogen-bond donors (Lipinski definition) is 2. The Morgan fingerprint density at radius 2 is 2.38 bits per heavy atom. The normalized spacial score (nSPS) is 33.1. The first kappa shape index (κ1) is 8.66. The molecule has 0 spiro atoms. The third-order valence-electron chi connectivity index (χ3n) is 2.37. The van der Waals surface area contributed by atoms with Crippen LogP contribution in [0.2, 0.25) is 0 Å². The van der Waals surface area contributed by atoms with Crippen LogP contribution in [0.1, 0.15) is 13.3 Å². The van der Waals surface area contributed by atoms with Crippen LogP contribution < -0.4 is 11.1 Å². The highest BCUT2D eigenvalue weighted by atomic mass is 14.9. The van der Waals surface area contributed by atoms with Gasteiger partial charge in [0, 0.05) is 19.0 Å². The molecule has 13 heavy (non-hydrogen) atoms. The number of fused-ring (bicyclic) bond motifs is 1. The van der Waals surface area contributed by atoms with Gasteiger partial charge < -0.3 is 11.1 Å². The zero-order valence-corrected chi connectivity index (χ0v) is 7.88. The van der Waals surface area contributed by atoms with Crippen LogP contribution in [-0.4, -0.2) is 24.8 Å². The van der Waals surface area contributed by atoms with Gasteiger partial charge in [-0.25, -0.2) is 0 Å². The van der Waals surface area contributed by atoms with Gasteiger partial charge in [0.2, 0.25) is 0 Å². The van der Waals surface area contributed by atoms with E-state index in [1.54, 1.807) is 6.21 Å². The monoisotopic (exact) mass is 177 g/mol. The van der Waals surface area contributed by atoms with Gasteiger partial charge in [-0.15, -0.1) is 0 Å². The molecule has 0 aromatic carbocycles. The summed E-state index contributed by atoms with van der Waals surface area (Å²) >= 11 is 0. The molecular formula is C10H15N3. The summed E-state index contributed by atoms with van der Waals surface area (Å²) in [4.78, 5) is 4.22. The van der Waals surface area contributed by atoms with Crippen LogP contribution >= 0.6 is 0 Å². The van der Waals surface area contributed by atoms with E-state index in [0.717, 1.165) is 19.5 Å². The van der Waals surface area contributed by atoms with E-state index < -0.39 is 5.54 Å². The van der Waals surface area contributed by atoms with Crippen molar-refractivity contribution >= 4 is 6.21 Å². The summed E-state index contributed by atoms with van der Waals surface area (Å²) in [6.07, 6.45) is 6.89. The molecular weight excluding hydrogens is 162 g/mol. The van der Waals surface area contributed by atoms with E-state index in [1.807, 2.05) is 13.1 Å². The molecule has 0 amide bonds. The molecule has 0 aromatic rings. The van der Waals surface area contributed by atoms with Gasteiger partial charge in [-0.05, 0) is 31.0 Å². The maximum atomic E-state index is 6.00. The van der Waals surface area contributed by atoms with Gasteiger partial charge in [-0.1, -0.05) is 6.08 Å². The largest absolute Gasteiger partial charge is 0.318 e. The zero-order valence-electron chi connectivity index (χ0n) is 7.88. The topological polar surface area (TPSA) is 50.4 Å². The summed E-state index contributed by atoms with van der Waals surface area (Å²) < 4.78 is 0. The second kappa shape index (κ2) is 3.09. The second-order valence-corrected chi connectivity index (χ2v) is 3.89. The number of nitrogens with one attached hydrogen (secondary N) is 1. The fraction of sp³-hybridized carbons (Fsp3) is 0.500. The summed E-state index contributed by atoms with van der Waals surface area (Å²) in [5.74, 6) is 0. The van der Waals surface area contributed by atoms with Crippen molar-refractivity contribution in [2.24, 2.45) is 10.7 Å². The van der Waals surface area contributed by atoms with Gasteiger partial charge in [0.1, 0.15) is 0 Å². The minimum Gasteiger partial charge on any atom is -0.318 e. The van der Waals surface area contributed by atoms with Crippen molar-refractivity contribution in [1.29, 1.82) is 0 Å². The van der Waals surface area contributed by atoms with Gasteiger partial charge in [0.25, 0.3) is 0 Å². The van der Waals surface area contributed by atoms with Crippen molar-refractivity contribution in [2.45, 2.75) is 18.9 Å². The molecule has 3 nitrogen and oxygen atoms in total. The molecule has 0 saturated carbocycles. The maximum absolute atomic E-state index is 6.00. The first-order valence-electron chi connectivity index (χ1n) is 4.62. The van der Waals surface area contributed by atoms with Crippen molar-refractivity contribution in [3.8, 4) is 0 Å². The highest BCUT2D eigenvalue weighted by molar-refractivity contribution is 5.74. The molecule has 0 bridgehead atoms. The van der Waals surface area contributed by atoms with E-state index in [4.69, 9.17) is 5.73 Å². The first-order valence-corrected chi connectivity index (χ1v) is 4.62. The molecule has 1 unspecified atom stereocenters. The first-order chi connectivity index (χ1) is 6.17. The number of nitrogens with two attached hydrogens (primary N) is 1. The molecule has 3 N–H and O–H groups in total. The Bertz CT molecular complexity index is 297. The molecule has 2 aliphatic rings. The summed E-state index contributed by atoms with van der Waals surface area (Å²) in [6, 6.07) is 0. The Balaban J connectivity index is 2.34. The van der Waals surface area contributed by atoms with Crippen molar-refractivity contribution in [2.75, 3.05) is 13.1 Å². The third kappa shape index (κ3) is 1.87. The Kier molecular flexibility index (Phi) is 2.06. The Hall–Kier alpha value is -0.930. The van der Waals surface area contributed by atoms with Crippen molar-refractivity contribution in [3.05, 3.63) is 23.4 Å². The van der Waals surface area contributed by atoms with Gasteiger partial charge >= 0.3 is 0 Å². The van der Waals surface area contributed by atoms with Crippen LogP contribution in [0.4, 0.5) is 0 Å². The Labute approximate surface area is 78.4 Å². The molecule has 0 aromatic heterocycles. The van der Waals surface area contributed by atoms with E-state index in [0.29, 0.717) is 0 Å². The lowest BCUT2D eigenvalue weighted by Gasteiger charge is -2.21. The van der Waals surface area contributed by atoms with Crippen molar-refractivity contribution in [1.82, 2.24) is 5.32 Å². The minimum atomic E-state index is -0.396. The van der Waals surface area contributed by atoms with Crippen LogP contribution in [0.15, 0.2) is 28.4 Å². The number of hydrogen-bond acceptors (Lipinski definition) is 3. The van der Waals surface area contributed by atoms with Crippen molar-refractivity contribution in [3.63, 3.8) is 0 Å². The molecule has 0 aliphatic carbocycles. The van der Waals surface area contributed by atoms with E-state index >= 15 is 0 Å². The lowest BCUT2D eigenvalue weighted by molar-refractivity contribution is 0.672. The quantitative estimate of drug-likeness (QED) is 0.569. The molecule has 1 atom stereocenters. The Morgan fingerprint density at radius 3 is 3.23 bits per heavy atom. The van der Waals surface area contributed by atoms with Gasteiger partial charge in [0.05, 0.1) is 5.54 Å². The molecule has 2 heterocycles. The van der Waals surface area contributed by atoms with Crippen LogP contribution in [0, 0.1) is 0 Å². The van der Waals surface area contributed by atoms with Crippen LogP contribution in [0.3, 0.4) is 0 Å². The fourth-order valence-corrected chi connectivity index (χ4v) is 1.71. The summed E-state index contributed by atoms with van der Waals surface area (Å²) in [6.45, 7) is 3.93. The van der Waals surface area contributed by atoms with Gasteiger partial charge in [-0.2, -0.15) is 0 Å². The third-order valence-corrected chi connectivity index (χ3v) is 2.37. The highest BCUT2D eigenvalue weighted by Gasteiger charge is 2.19. The lowest BCUT2D eigenvalue weighted by atomic mass is 9.94. The zero-order chi connectivity index (χ0) is 9.31. The molecule has 0 radical (unpaired) electrons. The predicted molar refractivity (Wildman–Crippen MR) is 54.7 cm³/mol. The number of aliphatic imine (C=N–C) groups is 1. The minimum absolute atomic E-state index is 0.396. The van der Waals surface area contributed by atoms with E-state index in [-0.39, 0.29) is 0 Å². The number of rotatable bonds is 0. The smallest absolute Gasteiger partial charge is 0.0676 e. The predicted octanol–water partition coefficient (Wildman–Crippen LogP) is 0.592. The highest BCUT2D eigenvalue weighted by Crippen LogP contribution is 2.21. The fourth-order valence-electron chi connectivity index (χ4n) is 1.71. The SMILES string of the molecule is CC1(N)C=NC=C2CCNCC2=C1. The van der Waals surface area contributed by atoms with E-state index in [2.05, 4.69) is 16.4 Å². The summed E-state index contributed by atoms with van der Waals surface area (Å²) in [7, 11) is 0. The molecule has 2 aliphatic heterocycles.